The number of hydrogen-bond donors (Lipinski definition) is 3. The molecule has 1 saturated heterocycles. The number of nitrogens with zero attached hydrogens (tertiary/aromatic N) is 1. The smallest absolute Gasteiger partial charge is 0.292 e. The average molecular weight is 350 g/mol. The molecule has 8 heteroatoms. The Balaban J connectivity index is 1.71. The molecule has 1 amide bonds. The lowest BCUT2D eigenvalue weighted by molar-refractivity contribution is -0.384. The van der Waals surface area contributed by atoms with Crippen molar-refractivity contribution in [3.8, 4) is 0 Å². The van der Waals surface area contributed by atoms with Crippen LogP contribution in [-0.2, 0) is 9.53 Å². The van der Waals surface area contributed by atoms with Crippen LogP contribution in [0.4, 0.5) is 11.4 Å². The van der Waals surface area contributed by atoms with Gasteiger partial charge in [-0.05, 0) is 43.7 Å². The fourth-order valence-corrected chi connectivity index (χ4v) is 2.87. The molecule has 1 atom stereocenters. The summed E-state index contributed by atoms with van der Waals surface area (Å²) in [5, 5.41) is 16.9. The summed E-state index contributed by atoms with van der Waals surface area (Å²) in [5.74, 6) is 0.0234. The zero-order valence-electron chi connectivity index (χ0n) is 14.5. The molecule has 0 saturated carbocycles. The van der Waals surface area contributed by atoms with Crippen LogP contribution in [0.5, 0.6) is 0 Å². The van der Waals surface area contributed by atoms with Gasteiger partial charge in [-0.15, -0.1) is 0 Å². The fourth-order valence-electron chi connectivity index (χ4n) is 2.87. The number of anilines is 1. The van der Waals surface area contributed by atoms with Gasteiger partial charge in [-0.2, -0.15) is 0 Å². The summed E-state index contributed by atoms with van der Waals surface area (Å²) < 4.78 is 5.28. The molecule has 25 heavy (non-hydrogen) atoms. The number of ether oxygens (including phenoxy) is 1. The number of amides is 1. The minimum Gasteiger partial charge on any atom is -0.381 e. The van der Waals surface area contributed by atoms with Crippen LogP contribution in [0.3, 0.4) is 0 Å². The number of rotatable bonds is 8. The molecule has 0 radical (unpaired) electrons. The third-order valence-electron chi connectivity index (χ3n) is 4.39. The van der Waals surface area contributed by atoms with Gasteiger partial charge in [-0.1, -0.05) is 6.07 Å². The van der Waals surface area contributed by atoms with Gasteiger partial charge < -0.3 is 21.1 Å². The van der Waals surface area contributed by atoms with Gasteiger partial charge in [0.25, 0.3) is 5.69 Å². The van der Waals surface area contributed by atoms with Gasteiger partial charge in [0, 0.05) is 32.4 Å². The number of carbonyl (C=O) groups is 1. The maximum absolute atomic E-state index is 12.1. The Kier molecular flexibility index (Phi) is 7.15. The monoisotopic (exact) mass is 350 g/mol. The van der Waals surface area contributed by atoms with Gasteiger partial charge in [0.05, 0.1) is 11.0 Å². The van der Waals surface area contributed by atoms with Crippen molar-refractivity contribution in [2.75, 3.05) is 31.6 Å². The van der Waals surface area contributed by atoms with E-state index in [9.17, 15) is 14.9 Å². The summed E-state index contributed by atoms with van der Waals surface area (Å²) in [5.41, 5.74) is 7.39. The van der Waals surface area contributed by atoms with E-state index in [0.29, 0.717) is 38.4 Å². The summed E-state index contributed by atoms with van der Waals surface area (Å²) in [6.45, 7) is 4.13. The van der Waals surface area contributed by atoms with Crippen molar-refractivity contribution in [2.24, 2.45) is 11.7 Å². The summed E-state index contributed by atoms with van der Waals surface area (Å²) >= 11 is 0. The van der Waals surface area contributed by atoms with Crippen LogP contribution >= 0.6 is 0 Å². The lowest BCUT2D eigenvalue weighted by Crippen LogP contribution is -2.47. The highest BCUT2D eigenvalue weighted by Crippen LogP contribution is 2.25. The molecule has 138 valence electrons. The number of aryl methyl sites for hydroxylation is 1. The van der Waals surface area contributed by atoms with Crippen LogP contribution in [0.25, 0.3) is 0 Å². The largest absolute Gasteiger partial charge is 0.381 e. The van der Waals surface area contributed by atoms with Crippen LogP contribution in [0.1, 0.15) is 24.8 Å². The first-order valence-electron chi connectivity index (χ1n) is 8.59. The molecule has 0 aromatic heterocycles. The molecule has 1 unspecified atom stereocenters. The minimum atomic E-state index is -0.505. The minimum absolute atomic E-state index is 0.0607. The number of hydrogen-bond acceptors (Lipinski definition) is 6. The highest BCUT2D eigenvalue weighted by molar-refractivity contribution is 5.81. The lowest BCUT2D eigenvalue weighted by Gasteiger charge is -2.26. The Labute approximate surface area is 147 Å². The summed E-state index contributed by atoms with van der Waals surface area (Å²) in [4.78, 5) is 22.7. The van der Waals surface area contributed by atoms with Gasteiger partial charge in [0.1, 0.15) is 5.69 Å². The van der Waals surface area contributed by atoms with E-state index in [2.05, 4.69) is 10.6 Å². The van der Waals surface area contributed by atoms with Crippen LogP contribution in [0, 0.1) is 23.0 Å². The van der Waals surface area contributed by atoms with E-state index in [-0.39, 0.29) is 17.5 Å². The summed E-state index contributed by atoms with van der Waals surface area (Å²) in [7, 11) is 0. The Morgan fingerprint density at radius 3 is 2.80 bits per heavy atom. The van der Waals surface area contributed by atoms with Crippen molar-refractivity contribution >= 4 is 17.3 Å². The predicted molar refractivity (Wildman–Crippen MR) is 95.5 cm³/mol. The molecule has 1 heterocycles. The van der Waals surface area contributed by atoms with Crippen molar-refractivity contribution in [3.63, 3.8) is 0 Å². The topological polar surface area (TPSA) is 120 Å². The second kappa shape index (κ2) is 9.33. The van der Waals surface area contributed by atoms with Gasteiger partial charge in [-0.25, -0.2) is 0 Å². The average Bonchev–Trinajstić information content (AvgIpc) is 2.62. The maximum Gasteiger partial charge on any atom is 0.292 e. The predicted octanol–water partition coefficient (Wildman–Crippen LogP) is 1.58. The van der Waals surface area contributed by atoms with E-state index in [1.807, 2.05) is 13.0 Å². The van der Waals surface area contributed by atoms with Crippen molar-refractivity contribution in [1.82, 2.24) is 5.32 Å². The first kappa shape index (κ1) is 19.1. The van der Waals surface area contributed by atoms with Crippen LogP contribution in [0.2, 0.25) is 0 Å². The molecule has 1 aromatic rings. The lowest BCUT2D eigenvalue weighted by atomic mass is 9.92. The Morgan fingerprint density at radius 2 is 2.12 bits per heavy atom. The molecule has 1 aliphatic heterocycles. The first-order chi connectivity index (χ1) is 12.0. The fraction of sp³-hybridized carbons (Fsp3) is 0.588. The number of nitrogens with two attached hydrogens (primary N) is 1. The Hall–Kier alpha value is -2.19. The highest BCUT2D eigenvalue weighted by Gasteiger charge is 2.26. The van der Waals surface area contributed by atoms with Crippen LogP contribution in [0.15, 0.2) is 18.2 Å². The van der Waals surface area contributed by atoms with Crippen molar-refractivity contribution in [3.05, 3.63) is 33.9 Å². The second-order valence-corrected chi connectivity index (χ2v) is 6.32. The van der Waals surface area contributed by atoms with Crippen LogP contribution < -0.4 is 16.4 Å². The molecule has 1 aliphatic rings. The zero-order chi connectivity index (χ0) is 18.2. The number of nitrogens with one attached hydrogen (secondary N) is 2. The number of nitro groups is 1. The number of carbonyl (C=O) groups excluding carboxylic acids is 1. The molecular formula is C17H26N4O4. The van der Waals surface area contributed by atoms with Crippen molar-refractivity contribution in [2.45, 2.75) is 32.2 Å². The third-order valence-corrected chi connectivity index (χ3v) is 4.39. The standard InChI is InChI=1S/C17H26N4O4/c1-12-3-4-14(15(11-12)21(23)24)19-7-2-8-20-17(22)16(18)13-5-9-25-10-6-13/h3-4,11,13,16,19H,2,5-10,18H2,1H3,(H,20,22). The van der Waals surface area contributed by atoms with E-state index in [1.165, 1.54) is 6.07 Å². The van der Waals surface area contributed by atoms with E-state index in [1.54, 1.807) is 6.07 Å². The quantitative estimate of drug-likeness (QED) is 0.372. The molecule has 1 aromatic carbocycles. The SMILES string of the molecule is Cc1ccc(NCCCNC(=O)C(N)C2CCOCC2)c([N+](=O)[O-])c1. The van der Waals surface area contributed by atoms with Gasteiger partial charge >= 0.3 is 0 Å². The second-order valence-electron chi connectivity index (χ2n) is 6.32. The molecule has 2 rings (SSSR count). The highest BCUT2D eigenvalue weighted by atomic mass is 16.6. The molecule has 4 N–H and O–H groups in total. The first-order valence-corrected chi connectivity index (χ1v) is 8.59. The zero-order valence-corrected chi connectivity index (χ0v) is 14.5. The van der Waals surface area contributed by atoms with Gasteiger partial charge in [0.15, 0.2) is 0 Å². The number of nitro benzene ring substituents is 1. The molecule has 0 spiro atoms. The van der Waals surface area contributed by atoms with Gasteiger partial charge in [0.2, 0.25) is 5.91 Å². The molecule has 1 fully saturated rings. The summed E-state index contributed by atoms with van der Waals surface area (Å²) in [6, 6.07) is 4.56. The van der Waals surface area contributed by atoms with E-state index in [4.69, 9.17) is 10.5 Å². The Bertz CT molecular complexity index is 602. The molecule has 8 nitrogen and oxygen atoms in total. The normalized spacial score (nSPS) is 16.2. The van der Waals surface area contributed by atoms with Crippen molar-refractivity contribution in [1.29, 1.82) is 0 Å². The van der Waals surface area contributed by atoms with E-state index in [0.717, 1.165) is 18.4 Å². The Morgan fingerprint density at radius 1 is 1.40 bits per heavy atom. The van der Waals surface area contributed by atoms with Crippen molar-refractivity contribution < 1.29 is 14.5 Å². The van der Waals surface area contributed by atoms with E-state index < -0.39 is 11.0 Å². The van der Waals surface area contributed by atoms with Gasteiger partial charge in [-0.3, -0.25) is 14.9 Å². The van der Waals surface area contributed by atoms with Crippen LogP contribution in [-0.4, -0.2) is 43.2 Å². The third kappa shape index (κ3) is 5.68. The maximum atomic E-state index is 12.1. The molecule has 0 bridgehead atoms. The van der Waals surface area contributed by atoms with E-state index >= 15 is 0 Å². The molecular weight excluding hydrogens is 324 g/mol. The summed E-state index contributed by atoms with van der Waals surface area (Å²) in [6.07, 6.45) is 2.28. The number of benzene rings is 1. The molecule has 0 aliphatic carbocycles.